The monoisotopic (exact) mass is 610 g/mol. The summed E-state index contributed by atoms with van der Waals surface area (Å²) in [6.07, 6.45) is 1.73. The van der Waals surface area contributed by atoms with Crippen molar-refractivity contribution in [1.29, 1.82) is 0 Å². The fraction of sp³-hybridized carbons (Fsp3) is 0.250. The molecule has 2 N–H and O–H groups in total. The molecule has 0 aliphatic rings. The van der Waals surface area contributed by atoms with E-state index in [0.717, 1.165) is 47.0 Å². The number of imidazole rings is 1. The molecule has 5 aromatic rings. The molecule has 0 bridgehead atoms. The Morgan fingerprint density at radius 2 is 1.72 bits per heavy atom. The van der Waals surface area contributed by atoms with Crippen molar-refractivity contribution >= 4 is 39.7 Å². The first-order valence-electron chi connectivity index (χ1n) is 13.2. The van der Waals surface area contributed by atoms with Crippen molar-refractivity contribution in [3.05, 3.63) is 88.9 Å². The number of aromatic nitrogens is 6. The van der Waals surface area contributed by atoms with Gasteiger partial charge in [0.15, 0.2) is 5.82 Å². The first-order chi connectivity index (χ1) is 20.7. The van der Waals surface area contributed by atoms with Gasteiger partial charge in [0.2, 0.25) is 16.9 Å². The summed E-state index contributed by atoms with van der Waals surface area (Å²) < 4.78 is 43.0. The molecule has 4 heterocycles. The highest BCUT2D eigenvalue weighted by Gasteiger charge is 2.31. The van der Waals surface area contributed by atoms with E-state index in [0.29, 0.717) is 23.5 Å². The molecule has 11 nitrogen and oxygen atoms in total. The van der Waals surface area contributed by atoms with Crippen molar-refractivity contribution in [2.45, 2.75) is 44.9 Å². The highest BCUT2D eigenvalue weighted by atomic mass is 32.1. The molecule has 0 unspecified atom stereocenters. The zero-order valence-electron chi connectivity index (χ0n) is 22.5. The summed E-state index contributed by atoms with van der Waals surface area (Å²) in [5.41, 5.74) is 2.66. The van der Waals surface area contributed by atoms with Crippen LogP contribution in [0.25, 0.3) is 5.65 Å². The molecule has 0 saturated carbocycles. The molecule has 222 valence electrons. The minimum absolute atomic E-state index is 0.155. The quantitative estimate of drug-likeness (QED) is 0.192. The van der Waals surface area contributed by atoms with Crippen molar-refractivity contribution in [3.8, 4) is 5.75 Å². The number of carbonyl (C=O) groups is 2. The van der Waals surface area contributed by atoms with Gasteiger partial charge in [-0.1, -0.05) is 29.5 Å². The number of pyridine rings is 1. The van der Waals surface area contributed by atoms with Gasteiger partial charge < -0.3 is 19.8 Å². The van der Waals surface area contributed by atoms with Crippen LogP contribution >= 0.6 is 11.3 Å². The third-order valence-corrected chi connectivity index (χ3v) is 7.00. The number of benzene rings is 1. The number of nitrogens with zero attached hydrogens (tertiary/aromatic N) is 6. The standard InChI is InChI=1S/C28H25F3N8O3S/c29-28(30,31)42-21-8-5-6-18(14-21)15-24(40)33-22-12-11-19(35-36-22)7-1-2-10-26-37-38-27(43-26)34-25(41)16-20-17-32-23-9-3-4-13-39(20)23/h3-6,8-9,11-14,17H,1-2,7,10,15-16H2,(H,33,36,40)(H,34,38,41). The van der Waals surface area contributed by atoms with Gasteiger partial charge in [-0.15, -0.1) is 28.5 Å². The number of nitrogens with one attached hydrogen (secondary N) is 2. The first kappa shape index (κ1) is 29.6. The third-order valence-electron chi connectivity index (χ3n) is 6.11. The number of alkyl halides is 3. The predicted molar refractivity (Wildman–Crippen MR) is 152 cm³/mol. The minimum Gasteiger partial charge on any atom is -0.406 e. The van der Waals surface area contributed by atoms with Gasteiger partial charge in [-0.05, 0) is 61.2 Å². The van der Waals surface area contributed by atoms with Gasteiger partial charge in [-0.3, -0.25) is 9.59 Å². The zero-order chi connectivity index (χ0) is 30.2. The summed E-state index contributed by atoms with van der Waals surface area (Å²) in [7, 11) is 0. The summed E-state index contributed by atoms with van der Waals surface area (Å²) in [4.78, 5) is 29.1. The topological polar surface area (TPSA) is 136 Å². The smallest absolute Gasteiger partial charge is 0.406 e. The lowest BCUT2D eigenvalue weighted by atomic mass is 10.1. The summed E-state index contributed by atoms with van der Waals surface area (Å²) in [5, 5.41) is 23.0. The van der Waals surface area contributed by atoms with Gasteiger partial charge in [0.05, 0.1) is 24.2 Å². The SMILES string of the molecule is O=C(Cc1cccc(OC(F)(F)F)c1)Nc1ccc(CCCCc2nnc(NC(=O)Cc3cnc4ccccn34)s2)nn1. The van der Waals surface area contributed by atoms with E-state index in [2.05, 4.69) is 40.7 Å². The lowest BCUT2D eigenvalue weighted by Gasteiger charge is -2.10. The second-order valence-corrected chi connectivity index (χ2v) is 10.5. The fourth-order valence-corrected chi connectivity index (χ4v) is 5.01. The molecule has 0 fully saturated rings. The van der Waals surface area contributed by atoms with Crippen LogP contribution in [0.2, 0.25) is 0 Å². The van der Waals surface area contributed by atoms with Crippen LogP contribution in [-0.2, 0) is 35.3 Å². The van der Waals surface area contributed by atoms with E-state index in [1.54, 1.807) is 18.3 Å². The molecule has 5 rings (SSSR count). The molecule has 15 heteroatoms. The zero-order valence-corrected chi connectivity index (χ0v) is 23.4. The van der Waals surface area contributed by atoms with E-state index in [1.165, 1.54) is 23.5 Å². The maximum Gasteiger partial charge on any atom is 0.573 e. The van der Waals surface area contributed by atoms with Crippen molar-refractivity contribution in [3.63, 3.8) is 0 Å². The number of halogens is 3. The molecule has 2 amide bonds. The van der Waals surface area contributed by atoms with Crippen molar-refractivity contribution in [1.82, 2.24) is 29.8 Å². The average Bonchev–Trinajstić information content (AvgIpc) is 3.58. The number of unbranched alkanes of at least 4 members (excludes halogenated alkanes) is 1. The van der Waals surface area contributed by atoms with Crippen LogP contribution in [0.4, 0.5) is 24.1 Å². The number of aryl methyl sites for hydroxylation is 2. The van der Waals surface area contributed by atoms with Crippen LogP contribution in [0.5, 0.6) is 5.75 Å². The largest absolute Gasteiger partial charge is 0.573 e. The van der Waals surface area contributed by atoms with Gasteiger partial charge in [-0.2, -0.15) is 5.10 Å². The van der Waals surface area contributed by atoms with Crippen LogP contribution in [0.3, 0.4) is 0 Å². The van der Waals surface area contributed by atoms with Crippen LogP contribution in [0.15, 0.2) is 67.0 Å². The molecule has 43 heavy (non-hydrogen) atoms. The number of hydrogen-bond donors (Lipinski definition) is 2. The highest BCUT2D eigenvalue weighted by molar-refractivity contribution is 7.15. The van der Waals surface area contributed by atoms with Crippen LogP contribution in [0, 0.1) is 0 Å². The molecular formula is C28H25F3N8O3S. The fourth-order valence-electron chi connectivity index (χ4n) is 4.22. The summed E-state index contributed by atoms with van der Waals surface area (Å²) in [6, 6.07) is 14.2. The Kier molecular flexibility index (Phi) is 9.20. The molecule has 0 radical (unpaired) electrons. The Morgan fingerprint density at radius 1 is 0.884 bits per heavy atom. The van der Waals surface area contributed by atoms with Crippen molar-refractivity contribution in [2.75, 3.05) is 10.6 Å². The molecule has 0 aliphatic heterocycles. The van der Waals surface area contributed by atoms with Crippen LogP contribution in [-0.4, -0.2) is 48.0 Å². The van der Waals surface area contributed by atoms with Crippen molar-refractivity contribution in [2.24, 2.45) is 0 Å². The maximum absolute atomic E-state index is 12.5. The Balaban J connectivity index is 1.01. The van der Waals surface area contributed by atoms with Gasteiger partial charge >= 0.3 is 6.36 Å². The Labute approximate surface area is 247 Å². The molecule has 1 aromatic carbocycles. The Bertz CT molecular complexity index is 1710. The van der Waals surface area contributed by atoms with Gasteiger partial charge in [0.1, 0.15) is 16.4 Å². The third kappa shape index (κ3) is 8.78. The normalized spacial score (nSPS) is 11.4. The number of rotatable bonds is 12. The first-order valence-corrected chi connectivity index (χ1v) is 14.0. The molecule has 0 atom stereocenters. The Morgan fingerprint density at radius 3 is 2.53 bits per heavy atom. The number of hydrogen-bond acceptors (Lipinski definition) is 9. The van der Waals surface area contributed by atoms with Crippen LogP contribution in [0.1, 0.15) is 34.8 Å². The van der Waals surface area contributed by atoms with E-state index >= 15 is 0 Å². The lowest BCUT2D eigenvalue weighted by Crippen LogP contribution is -2.18. The molecule has 0 spiro atoms. The van der Waals surface area contributed by atoms with E-state index in [4.69, 9.17) is 0 Å². The van der Waals surface area contributed by atoms with E-state index < -0.39 is 18.0 Å². The van der Waals surface area contributed by atoms with Crippen molar-refractivity contribution < 1.29 is 27.5 Å². The minimum atomic E-state index is -4.81. The predicted octanol–water partition coefficient (Wildman–Crippen LogP) is 4.80. The molecule has 0 saturated heterocycles. The lowest BCUT2D eigenvalue weighted by molar-refractivity contribution is -0.274. The highest BCUT2D eigenvalue weighted by Crippen LogP contribution is 2.24. The average molecular weight is 611 g/mol. The number of amides is 2. The van der Waals surface area contributed by atoms with Gasteiger partial charge in [-0.25, -0.2) is 4.98 Å². The summed E-state index contributed by atoms with van der Waals surface area (Å²) in [6.45, 7) is 0. The second kappa shape index (κ2) is 13.4. The number of ether oxygens (including phenoxy) is 1. The maximum atomic E-state index is 12.5. The van der Waals surface area contributed by atoms with E-state index in [-0.39, 0.29) is 24.6 Å². The van der Waals surface area contributed by atoms with Crippen LogP contribution < -0.4 is 15.4 Å². The number of carbonyl (C=O) groups excluding carboxylic acids is 2. The van der Waals surface area contributed by atoms with Gasteiger partial charge in [0, 0.05) is 18.8 Å². The molecule has 4 aromatic heterocycles. The second-order valence-electron chi connectivity index (χ2n) is 9.44. The van der Waals surface area contributed by atoms with E-state index in [9.17, 15) is 22.8 Å². The number of fused-ring (bicyclic) bond motifs is 1. The van der Waals surface area contributed by atoms with E-state index in [1.807, 2.05) is 28.8 Å². The number of anilines is 2. The Hall–Kier alpha value is -4.92. The summed E-state index contributed by atoms with van der Waals surface area (Å²) >= 11 is 1.33. The summed E-state index contributed by atoms with van der Waals surface area (Å²) in [5.74, 6) is -0.803. The molecule has 0 aliphatic carbocycles. The van der Waals surface area contributed by atoms with Gasteiger partial charge in [0.25, 0.3) is 0 Å². The molecular weight excluding hydrogens is 585 g/mol.